The maximum absolute atomic E-state index is 11.9. The van der Waals surface area contributed by atoms with Gasteiger partial charge in [0.05, 0.1) is 38.3 Å². The highest BCUT2D eigenvalue weighted by Crippen LogP contribution is 2.42. The first-order chi connectivity index (χ1) is 15.7. The van der Waals surface area contributed by atoms with Crippen molar-refractivity contribution >= 4 is 49.6 Å². The lowest BCUT2D eigenvalue weighted by atomic mass is 10.1. The summed E-state index contributed by atoms with van der Waals surface area (Å²) in [5.41, 5.74) is 10.0. The first-order valence-corrected chi connectivity index (χ1v) is 13.2. The summed E-state index contributed by atoms with van der Waals surface area (Å²) in [5.74, 6) is 2.02. The van der Waals surface area contributed by atoms with Gasteiger partial charge >= 0.3 is 0 Å². The number of hydrogen-bond acceptors (Lipinski definition) is 8. The molecule has 0 amide bonds. The number of rotatable bonds is 3. The van der Waals surface area contributed by atoms with Crippen LogP contribution in [0.1, 0.15) is 15.6 Å². The fourth-order valence-electron chi connectivity index (χ4n) is 3.91. The van der Waals surface area contributed by atoms with Crippen molar-refractivity contribution in [2.75, 3.05) is 23.4 Å². The van der Waals surface area contributed by atoms with E-state index in [1.807, 2.05) is 31.2 Å². The van der Waals surface area contributed by atoms with Crippen molar-refractivity contribution in [1.29, 1.82) is 0 Å². The van der Waals surface area contributed by atoms with Crippen LogP contribution in [0.4, 0.5) is 17.2 Å². The molecule has 2 N–H and O–H groups in total. The van der Waals surface area contributed by atoms with Crippen molar-refractivity contribution < 1.29 is 8.42 Å². The average molecular weight is 573 g/mol. The van der Waals surface area contributed by atoms with Crippen LogP contribution in [0, 0.1) is 6.92 Å². The normalized spacial score (nSPS) is 15.6. The van der Waals surface area contributed by atoms with Crippen molar-refractivity contribution in [3.05, 3.63) is 66.5 Å². The van der Waals surface area contributed by atoms with Crippen molar-refractivity contribution in [3.63, 3.8) is 0 Å². The largest absolute Gasteiger partial charge is 0.382 e. The molecule has 2 aromatic carbocycles. The van der Waals surface area contributed by atoms with Crippen LogP contribution in [0.5, 0.6) is 0 Å². The van der Waals surface area contributed by atoms with Crippen LogP contribution in [-0.4, -0.2) is 46.0 Å². The number of alkyl halides is 1. The fraction of sp³-hybridized carbons (Fsp3) is 0.182. The van der Waals surface area contributed by atoms with E-state index in [2.05, 4.69) is 58.3 Å². The van der Waals surface area contributed by atoms with Crippen molar-refractivity contribution in [2.45, 2.75) is 15.7 Å². The molecule has 168 valence electrons. The number of aryl methyl sites for hydroxylation is 1. The highest BCUT2D eigenvalue weighted by molar-refractivity contribution is 14.1. The standard InChI is InChI=1S/C22H20IN7O2S/c1-13-27-28-22-17(23)12-29(15-4-6-16(7-5-15)33(2,31)32)20-9-14(3-8-19(20)30(13)22)18-10-26-21(24)11-25-18/h3-11,17H,12H2,1-2H3,(H2,24,26)/t17-/m1/s1. The van der Waals surface area contributed by atoms with Gasteiger partial charge in [-0.2, -0.15) is 0 Å². The Balaban J connectivity index is 1.70. The average Bonchev–Trinajstić information content (AvgIpc) is 3.12. The number of benzene rings is 2. The Morgan fingerprint density at radius 1 is 1.03 bits per heavy atom. The lowest BCUT2D eigenvalue weighted by Crippen LogP contribution is -2.21. The quantitative estimate of drug-likeness (QED) is 0.292. The highest BCUT2D eigenvalue weighted by Gasteiger charge is 2.29. The second kappa shape index (κ2) is 8.06. The fourth-order valence-corrected chi connectivity index (χ4v) is 5.34. The van der Waals surface area contributed by atoms with Gasteiger partial charge in [0.1, 0.15) is 11.6 Å². The van der Waals surface area contributed by atoms with E-state index in [4.69, 9.17) is 5.73 Å². The molecule has 0 aliphatic carbocycles. The summed E-state index contributed by atoms with van der Waals surface area (Å²) in [6, 6.07) is 13.0. The van der Waals surface area contributed by atoms with Gasteiger partial charge in [-0.1, -0.05) is 28.7 Å². The Morgan fingerprint density at radius 2 is 1.79 bits per heavy atom. The highest BCUT2D eigenvalue weighted by atomic mass is 127. The number of halogens is 1. The van der Waals surface area contributed by atoms with Crippen LogP contribution >= 0.6 is 22.6 Å². The summed E-state index contributed by atoms with van der Waals surface area (Å²) >= 11 is 2.37. The molecular weight excluding hydrogens is 553 g/mol. The summed E-state index contributed by atoms with van der Waals surface area (Å²) in [6.07, 6.45) is 4.39. The van der Waals surface area contributed by atoms with Crippen LogP contribution in [0.15, 0.2) is 59.8 Å². The van der Waals surface area contributed by atoms with E-state index in [-0.39, 0.29) is 8.82 Å². The third-order valence-corrected chi connectivity index (χ3v) is 7.60. The molecule has 5 rings (SSSR count). The van der Waals surface area contributed by atoms with Crippen LogP contribution in [0.25, 0.3) is 16.9 Å². The molecule has 1 aliphatic heterocycles. The minimum Gasteiger partial charge on any atom is -0.382 e. The number of nitrogen functional groups attached to an aromatic ring is 1. The summed E-state index contributed by atoms with van der Waals surface area (Å²) in [4.78, 5) is 11.0. The summed E-state index contributed by atoms with van der Waals surface area (Å²) in [6.45, 7) is 2.56. The number of fused-ring (bicyclic) bond motifs is 3. The van der Waals surface area contributed by atoms with Crippen LogP contribution < -0.4 is 10.6 Å². The Hall–Kier alpha value is -3.06. The van der Waals surface area contributed by atoms with E-state index < -0.39 is 9.84 Å². The predicted octanol–water partition coefficient (Wildman–Crippen LogP) is 3.65. The molecule has 0 fully saturated rings. The number of aromatic nitrogens is 5. The van der Waals surface area contributed by atoms with E-state index in [1.165, 1.54) is 12.5 Å². The van der Waals surface area contributed by atoms with E-state index in [9.17, 15) is 8.42 Å². The van der Waals surface area contributed by atoms with Gasteiger partial charge < -0.3 is 10.6 Å². The minimum absolute atomic E-state index is 0.0468. The van der Waals surface area contributed by atoms with E-state index >= 15 is 0 Å². The van der Waals surface area contributed by atoms with Gasteiger partial charge in [-0.15, -0.1) is 10.2 Å². The van der Waals surface area contributed by atoms with Gasteiger partial charge in [0.2, 0.25) is 0 Å². The molecule has 0 saturated carbocycles. The second-order valence-corrected chi connectivity index (χ2v) is 11.3. The maximum Gasteiger partial charge on any atom is 0.175 e. The lowest BCUT2D eigenvalue weighted by molar-refractivity contribution is 0.602. The molecule has 0 saturated heterocycles. The molecule has 0 bridgehead atoms. The van der Waals surface area contributed by atoms with Crippen LogP contribution in [-0.2, 0) is 9.84 Å². The van der Waals surface area contributed by atoms with Gasteiger partial charge in [-0.05, 0) is 43.3 Å². The molecule has 1 atom stereocenters. The summed E-state index contributed by atoms with van der Waals surface area (Å²) < 4.78 is 26.0. The zero-order valence-electron chi connectivity index (χ0n) is 17.8. The first kappa shape index (κ1) is 21.8. The molecule has 0 spiro atoms. The Labute approximate surface area is 204 Å². The molecule has 9 nitrogen and oxygen atoms in total. The van der Waals surface area contributed by atoms with Crippen molar-refractivity contribution in [1.82, 2.24) is 24.7 Å². The SMILES string of the molecule is Cc1nnc2n1-c1ccc(-c3cnc(N)cn3)cc1N(c1ccc(S(C)(=O)=O)cc1)C[C@H]2I. The second-order valence-electron chi connectivity index (χ2n) is 7.82. The van der Waals surface area contributed by atoms with Gasteiger partial charge in [-0.25, -0.2) is 13.4 Å². The topological polar surface area (TPSA) is 120 Å². The van der Waals surface area contributed by atoms with Gasteiger partial charge in [0.15, 0.2) is 15.7 Å². The Kier molecular flexibility index (Phi) is 5.32. The van der Waals surface area contributed by atoms with Crippen molar-refractivity contribution in [2.24, 2.45) is 0 Å². The molecular formula is C22H20IN7O2S. The van der Waals surface area contributed by atoms with E-state index in [0.29, 0.717) is 18.1 Å². The molecule has 11 heteroatoms. The number of nitrogens with zero attached hydrogens (tertiary/aromatic N) is 6. The number of anilines is 3. The summed E-state index contributed by atoms with van der Waals surface area (Å²) in [7, 11) is -3.28. The molecule has 4 aromatic rings. The summed E-state index contributed by atoms with van der Waals surface area (Å²) in [5, 5.41) is 8.73. The number of hydrogen-bond donors (Lipinski definition) is 1. The third-order valence-electron chi connectivity index (χ3n) is 5.52. The van der Waals surface area contributed by atoms with Gasteiger partial charge in [0.25, 0.3) is 0 Å². The number of nitrogens with two attached hydrogens (primary N) is 1. The monoisotopic (exact) mass is 573 g/mol. The van der Waals surface area contributed by atoms with E-state index in [0.717, 1.165) is 34.3 Å². The zero-order valence-corrected chi connectivity index (χ0v) is 20.8. The molecule has 3 heterocycles. The van der Waals surface area contributed by atoms with Gasteiger partial charge in [-0.3, -0.25) is 9.55 Å². The maximum atomic E-state index is 11.9. The molecule has 0 unspecified atom stereocenters. The Bertz CT molecular complexity index is 1450. The first-order valence-electron chi connectivity index (χ1n) is 10.1. The predicted molar refractivity (Wildman–Crippen MR) is 135 cm³/mol. The van der Waals surface area contributed by atoms with Crippen molar-refractivity contribution in [3.8, 4) is 16.9 Å². The lowest BCUT2D eigenvalue weighted by Gasteiger charge is -2.27. The molecule has 0 radical (unpaired) electrons. The molecule has 2 aromatic heterocycles. The molecule has 33 heavy (non-hydrogen) atoms. The molecule has 1 aliphatic rings. The number of sulfone groups is 1. The van der Waals surface area contributed by atoms with E-state index in [1.54, 1.807) is 18.3 Å². The Morgan fingerprint density at radius 3 is 2.45 bits per heavy atom. The zero-order chi connectivity index (χ0) is 23.3. The van der Waals surface area contributed by atoms with Crippen LogP contribution in [0.3, 0.4) is 0 Å². The third kappa shape index (κ3) is 3.95. The smallest absolute Gasteiger partial charge is 0.175 e. The van der Waals surface area contributed by atoms with Gasteiger partial charge in [0, 0.05) is 24.1 Å². The minimum atomic E-state index is -3.28. The van der Waals surface area contributed by atoms with Crippen LogP contribution in [0.2, 0.25) is 0 Å².